The third-order valence-corrected chi connectivity index (χ3v) is 6.75. The Morgan fingerprint density at radius 2 is 1.58 bits per heavy atom. The number of aromatic carboxylic acids is 1. The fourth-order valence-corrected chi connectivity index (χ4v) is 4.52. The van der Waals surface area contributed by atoms with Crippen LogP contribution in [0.5, 0.6) is 0 Å². The lowest BCUT2D eigenvalue weighted by Gasteiger charge is -2.09. The normalized spacial score (nSPS) is 11.0. The van der Waals surface area contributed by atoms with Crippen LogP contribution < -0.4 is 10.0 Å². The van der Waals surface area contributed by atoms with Gasteiger partial charge in [-0.2, -0.15) is 0 Å². The van der Waals surface area contributed by atoms with E-state index in [1.807, 2.05) is 0 Å². The molecule has 0 saturated carbocycles. The number of carbonyl (C=O) groups is 2. The van der Waals surface area contributed by atoms with Crippen molar-refractivity contribution in [1.29, 1.82) is 0 Å². The number of sulfonamides is 1. The van der Waals surface area contributed by atoms with Crippen LogP contribution in [0.1, 0.15) is 10.4 Å². The molecule has 0 radical (unpaired) electrons. The standard InChI is InChI=1S/C21H17ClN2O5S2/c22-19-11-8-15(12-18(19)21(26)27)23-20(25)13-30-16-9-6-14(7-10-16)24-31(28,29)17-4-2-1-3-5-17/h1-12,24H,13H2,(H,23,25)(H,26,27). The van der Waals surface area contributed by atoms with E-state index in [0.717, 1.165) is 4.90 Å². The molecule has 0 aliphatic heterocycles. The molecule has 0 fully saturated rings. The topological polar surface area (TPSA) is 113 Å². The summed E-state index contributed by atoms with van der Waals surface area (Å²) in [6.07, 6.45) is 0. The molecule has 0 unspecified atom stereocenters. The van der Waals surface area contributed by atoms with Gasteiger partial charge in [-0.1, -0.05) is 29.8 Å². The van der Waals surface area contributed by atoms with Gasteiger partial charge in [-0.25, -0.2) is 13.2 Å². The third kappa shape index (κ3) is 6.24. The van der Waals surface area contributed by atoms with Crippen molar-refractivity contribution in [3.8, 4) is 0 Å². The molecule has 0 aliphatic rings. The van der Waals surface area contributed by atoms with E-state index in [9.17, 15) is 18.0 Å². The molecule has 31 heavy (non-hydrogen) atoms. The van der Waals surface area contributed by atoms with Gasteiger partial charge in [0.25, 0.3) is 10.0 Å². The van der Waals surface area contributed by atoms with Gasteiger partial charge in [0.15, 0.2) is 0 Å². The third-order valence-electron chi connectivity index (χ3n) is 4.01. The zero-order chi connectivity index (χ0) is 22.4. The van der Waals surface area contributed by atoms with Gasteiger partial charge >= 0.3 is 5.97 Å². The molecule has 7 nitrogen and oxygen atoms in total. The highest BCUT2D eigenvalue weighted by atomic mass is 35.5. The lowest BCUT2D eigenvalue weighted by molar-refractivity contribution is -0.113. The maximum Gasteiger partial charge on any atom is 0.337 e. The SMILES string of the molecule is O=C(CSc1ccc(NS(=O)(=O)c2ccccc2)cc1)Nc1ccc(Cl)c(C(=O)O)c1. The number of nitrogens with one attached hydrogen (secondary N) is 2. The molecular formula is C21H17ClN2O5S2. The van der Waals surface area contributed by atoms with E-state index in [1.54, 1.807) is 42.5 Å². The number of anilines is 2. The summed E-state index contributed by atoms with van der Waals surface area (Å²) in [4.78, 5) is 24.2. The van der Waals surface area contributed by atoms with Crippen molar-refractivity contribution >= 4 is 56.6 Å². The number of carboxylic acids is 1. The van der Waals surface area contributed by atoms with Gasteiger partial charge in [-0.3, -0.25) is 9.52 Å². The number of thioether (sulfide) groups is 1. The average Bonchev–Trinajstić information content (AvgIpc) is 2.75. The molecule has 3 aromatic carbocycles. The molecule has 0 atom stereocenters. The van der Waals surface area contributed by atoms with Crippen LogP contribution >= 0.6 is 23.4 Å². The van der Waals surface area contributed by atoms with Crippen LogP contribution in [0.15, 0.2) is 82.6 Å². The molecule has 3 N–H and O–H groups in total. The highest BCUT2D eigenvalue weighted by molar-refractivity contribution is 8.00. The number of benzene rings is 3. The molecular weight excluding hydrogens is 460 g/mol. The van der Waals surface area contributed by atoms with Gasteiger partial charge in [0, 0.05) is 16.3 Å². The number of carbonyl (C=O) groups excluding carboxylic acids is 1. The van der Waals surface area contributed by atoms with Crippen molar-refractivity contribution in [3.63, 3.8) is 0 Å². The predicted octanol–water partition coefficient (Wildman–Crippen LogP) is 4.57. The first-order valence-corrected chi connectivity index (χ1v) is 11.7. The summed E-state index contributed by atoms with van der Waals surface area (Å²) in [5, 5.41) is 11.8. The van der Waals surface area contributed by atoms with E-state index >= 15 is 0 Å². The van der Waals surface area contributed by atoms with Crippen molar-refractivity contribution in [2.45, 2.75) is 9.79 Å². The first-order valence-electron chi connectivity index (χ1n) is 8.88. The van der Waals surface area contributed by atoms with Crippen LogP contribution in [-0.2, 0) is 14.8 Å². The van der Waals surface area contributed by atoms with Crippen LogP contribution in [0.3, 0.4) is 0 Å². The summed E-state index contributed by atoms with van der Waals surface area (Å²) < 4.78 is 27.2. The van der Waals surface area contributed by atoms with Crippen LogP contribution in [0.4, 0.5) is 11.4 Å². The van der Waals surface area contributed by atoms with Gasteiger partial charge in [-0.15, -0.1) is 11.8 Å². The molecule has 0 saturated heterocycles. The Labute approximate surface area is 188 Å². The van der Waals surface area contributed by atoms with E-state index in [1.165, 1.54) is 42.1 Å². The molecule has 0 aliphatic carbocycles. The zero-order valence-electron chi connectivity index (χ0n) is 15.9. The summed E-state index contributed by atoms with van der Waals surface area (Å²) in [6, 6.07) is 18.9. The molecule has 3 aromatic rings. The molecule has 3 rings (SSSR count). The van der Waals surface area contributed by atoms with E-state index in [4.69, 9.17) is 16.7 Å². The second-order valence-electron chi connectivity index (χ2n) is 6.28. The second kappa shape index (κ2) is 9.86. The lowest BCUT2D eigenvalue weighted by atomic mass is 10.2. The van der Waals surface area contributed by atoms with Crippen LogP contribution in [0.2, 0.25) is 5.02 Å². The Kier molecular flexibility index (Phi) is 7.21. The molecule has 1 amide bonds. The maximum atomic E-state index is 12.3. The van der Waals surface area contributed by atoms with Crippen LogP contribution in [-0.4, -0.2) is 31.2 Å². The Morgan fingerprint density at radius 1 is 0.935 bits per heavy atom. The fraction of sp³-hybridized carbons (Fsp3) is 0.0476. The van der Waals surface area contributed by atoms with Crippen LogP contribution in [0, 0.1) is 0 Å². The summed E-state index contributed by atoms with van der Waals surface area (Å²) in [6.45, 7) is 0. The van der Waals surface area contributed by atoms with Gasteiger partial charge in [-0.05, 0) is 54.6 Å². The number of hydrogen-bond acceptors (Lipinski definition) is 5. The Balaban J connectivity index is 1.56. The molecule has 10 heteroatoms. The molecule has 0 spiro atoms. The molecule has 160 valence electrons. The monoisotopic (exact) mass is 476 g/mol. The van der Waals surface area contributed by atoms with Crippen LogP contribution in [0.25, 0.3) is 0 Å². The van der Waals surface area contributed by atoms with E-state index in [-0.39, 0.29) is 27.1 Å². The largest absolute Gasteiger partial charge is 0.478 e. The minimum Gasteiger partial charge on any atom is -0.478 e. The second-order valence-corrected chi connectivity index (χ2v) is 9.42. The smallest absolute Gasteiger partial charge is 0.337 e. The number of halogens is 1. The summed E-state index contributed by atoms with van der Waals surface area (Å²) in [5.41, 5.74) is 0.638. The Hall–Kier alpha value is -3.01. The average molecular weight is 477 g/mol. The zero-order valence-corrected chi connectivity index (χ0v) is 18.3. The van der Waals surface area contributed by atoms with Crippen molar-refractivity contribution < 1.29 is 23.1 Å². The van der Waals surface area contributed by atoms with Crippen molar-refractivity contribution in [2.24, 2.45) is 0 Å². The number of carboxylic acid groups (broad SMARTS) is 1. The van der Waals surface area contributed by atoms with Gasteiger partial charge < -0.3 is 10.4 Å². The quantitative estimate of drug-likeness (QED) is 0.410. The molecule has 0 bridgehead atoms. The lowest BCUT2D eigenvalue weighted by Crippen LogP contribution is -2.14. The van der Waals surface area contributed by atoms with Gasteiger partial charge in [0.05, 0.1) is 21.2 Å². The number of hydrogen-bond donors (Lipinski definition) is 3. The van der Waals surface area contributed by atoms with E-state index in [0.29, 0.717) is 11.4 Å². The highest BCUT2D eigenvalue weighted by Gasteiger charge is 2.14. The summed E-state index contributed by atoms with van der Waals surface area (Å²) >= 11 is 7.07. The minimum atomic E-state index is -3.67. The Bertz CT molecular complexity index is 1200. The number of amides is 1. The van der Waals surface area contributed by atoms with E-state index in [2.05, 4.69) is 10.0 Å². The molecule has 0 aromatic heterocycles. The number of rotatable bonds is 8. The van der Waals surface area contributed by atoms with Crippen molar-refractivity contribution in [2.75, 3.05) is 15.8 Å². The maximum absolute atomic E-state index is 12.3. The summed E-state index contributed by atoms with van der Waals surface area (Å²) in [5.74, 6) is -1.42. The van der Waals surface area contributed by atoms with Gasteiger partial charge in [0.2, 0.25) is 5.91 Å². The van der Waals surface area contributed by atoms with E-state index < -0.39 is 16.0 Å². The minimum absolute atomic E-state index is 0.0835. The highest BCUT2D eigenvalue weighted by Crippen LogP contribution is 2.24. The fourth-order valence-electron chi connectivity index (χ4n) is 2.55. The summed E-state index contributed by atoms with van der Waals surface area (Å²) in [7, 11) is -3.67. The molecule has 0 heterocycles. The first-order chi connectivity index (χ1) is 14.7. The van der Waals surface area contributed by atoms with Gasteiger partial charge in [0.1, 0.15) is 0 Å². The predicted molar refractivity (Wildman–Crippen MR) is 121 cm³/mol. The van der Waals surface area contributed by atoms with Crippen molar-refractivity contribution in [3.05, 3.63) is 83.4 Å². The first kappa shape index (κ1) is 22.7. The van der Waals surface area contributed by atoms with Crippen molar-refractivity contribution in [1.82, 2.24) is 0 Å². The Morgan fingerprint density at radius 3 is 2.23 bits per heavy atom.